The molecule has 2 aliphatic heterocycles. The average Bonchev–Trinajstić information content (AvgIpc) is 3.13. The van der Waals surface area contributed by atoms with E-state index in [9.17, 15) is 10.5 Å². The van der Waals surface area contributed by atoms with Crippen molar-refractivity contribution in [3.8, 4) is 12.1 Å². The number of piperazine rings is 1. The second-order valence-electron chi connectivity index (χ2n) is 9.47. The minimum absolute atomic E-state index is 0.0879. The van der Waals surface area contributed by atoms with Crippen molar-refractivity contribution in [2.75, 3.05) is 64.3 Å². The Morgan fingerprint density at radius 2 is 1.86 bits per heavy atom. The maximum Gasteiger partial charge on any atom is 0.166 e. The van der Waals surface area contributed by atoms with Crippen molar-refractivity contribution in [3.05, 3.63) is 58.4 Å². The molecule has 0 spiro atoms. The fourth-order valence-electron chi connectivity index (χ4n) is 4.43. The summed E-state index contributed by atoms with van der Waals surface area (Å²) in [5, 5.41) is 33.6. The number of rotatable bonds is 10. The largest absolute Gasteiger partial charge is 0.480 e. The smallest absolute Gasteiger partial charge is 0.166 e. The van der Waals surface area contributed by atoms with Crippen LogP contribution in [0.1, 0.15) is 25.5 Å². The molecule has 0 aliphatic carbocycles. The third kappa shape index (κ3) is 6.41. The Balaban J connectivity index is 1.93. The maximum atomic E-state index is 9.94. The minimum atomic E-state index is -0.836. The first kappa shape index (κ1) is 27.2. The van der Waals surface area contributed by atoms with E-state index in [1.165, 1.54) is 5.69 Å². The summed E-state index contributed by atoms with van der Waals surface area (Å²) in [5.41, 5.74) is 7.86. The van der Waals surface area contributed by atoms with Gasteiger partial charge >= 0.3 is 0 Å². The zero-order valence-electron chi connectivity index (χ0n) is 21.4. The van der Waals surface area contributed by atoms with Gasteiger partial charge in [-0.05, 0) is 38.6 Å². The molecular formula is C27H36N8O. The number of hydrogen-bond donors (Lipinski definition) is 4. The number of ether oxygens (including phenoxy) is 1. The number of anilines is 1. The fraction of sp³-hybridized carbons (Fsp3) is 0.481. The van der Waals surface area contributed by atoms with Gasteiger partial charge in [0.2, 0.25) is 0 Å². The number of benzene rings is 1. The summed E-state index contributed by atoms with van der Waals surface area (Å²) < 4.78 is 5.99. The van der Waals surface area contributed by atoms with Crippen LogP contribution in [-0.2, 0) is 4.74 Å². The lowest BCUT2D eigenvalue weighted by Gasteiger charge is -2.34. The summed E-state index contributed by atoms with van der Waals surface area (Å²) in [6.45, 7) is 10.6. The van der Waals surface area contributed by atoms with E-state index in [2.05, 4.69) is 63.7 Å². The zero-order valence-corrected chi connectivity index (χ0v) is 21.4. The molecule has 0 radical (unpaired) electrons. The second-order valence-corrected chi connectivity index (χ2v) is 9.47. The summed E-state index contributed by atoms with van der Waals surface area (Å²) in [4.78, 5) is 4.73. The fourth-order valence-corrected chi connectivity index (χ4v) is 4.43. The molecule has 1 saturated heterocycles. The van der Waals surface area contributed by atoms with E-state index in [1.54, 1.807) is 0 Å². The molecule has 0 saturated carbocycles. The van der Waals surface area contributed by atoms with Crippen LogP contribution in [0.3, 0.4) is 0 Å². The first-order valence-electron chi connectivity index (χ1n) is 12.3. The molecule has 9 heteroatoms. The Bertz CT molecular complexity index is 1110. The first-order valence-corrected chi connectivity index (χ1v) is 12.3. The molecule has 2 heterocycles. The molecule has 0 amide bonds. The van der Waals surface area contributed by atoms with Gasteiger partial charge in [-0.1, -0.05) is 18.2 Å². The highest BCUT2D eigenvalue weighted by Crippen LogP contribution is 2.42. The number of nitrogens with zero attached hydrogens (tertiary/aromatic N) is 4. The molecule has 190 valence electrons. The van der Waals surface area contributed by atoms with Crippen molar-refractivity contribution in [2.24, 2.45) is 5.73 Å². The number of nitriles is 2. The third-order valence-electron chi connectivity index (χ3n) is 6.52. The van der Waals surface area contributed by atoms with E-state index in [0.29, 0.717) is 18.7 Å². The SMILES string of the molecule is CN1CCN(c2ccc(C(/C=C3/C(C#N)=C(C(=C=N)C#N)OC3(C)C)NCCNCCN)cc2)CC1. The normalized spacial score (nSPS) is 19.4. The summed E-state index contributed by atoms with van der Waals surface area (Å²) in [7, 11) is 2.15. The monoisotopic (exact) mass is 488 g/mol. The summed E-state index contributed by atoms with van der Waals surface area (Å²) >= 11 is 0. The van der Waals surface area contributed by atoms with Crippen LogP contribution in [0.5, 0.6) is 0 Å². The van der Waals surface area contributed by atoms with Gasteiger partial charge in [-0.25, -0.2) is 0 Å². The molecule has 1 aromatic rings. The number of likely N-dealkylation sites (N-methyl/N-ethyl adjacent to an activating group) is 1. The highest BCUT2D eigenvalue weighted by Gasteiger charge is 2.40. The maximum absolute atomic E-state index is 9.94. The van der Waals surface area contributed by atoms with Gasteiger partial charge in [0.1, 0.15) is 23.3 Å². The number of nitrogens with two attached hydrogens (primary N) is 1. The molecule has 1 unspecified atom stereocenters. The molecule has 9 nitrogen and oxygen atoms in total. The topological polar surface area (TPSA) is 137 Å². The number of nitrogens with one attached hydrogen (secondary N) is 3. The summed E-state index contributed by atoms with van der Waals surface area (Å²) in [6.07, 6.45) is 2.00. The van der Waals surface area contributed by atoms with Gasteiger partial charge in [-0.15, -0.1) is 0 Å². The van der Waals surface area contributed by atoms with Gasteiger partial charge in [0.15, 0.2) is 11.3 Å². The van der Waals surface area contributed by atoms with Crippen LogP contribution in [0.25, 0.3) is 0 Å². The zero-order chi connectivity index (χ0) is 26.1. The molecule has 3 rings (SSSR count). The Hall–Kier alpha value is -3.43. The number of allylic oxidation sites excluding steroid dienone is 1. The second kappa shape index (κ2) is 12.5. The van der Waals surface area contributed by atoms with Crippen molar-refractivity contribution in [2.45, 2.75) is 25.5 Å². The van der Waals surface area contributed by atoms with E-state index < -0.39 is 5.60 Å². The molecule has 0 bridgehead atoms. The quantitative estimate of drug-likeness (QED) is 0.222. The Labute approximate surface area is 214 Å². The molecule has 5 N–H and O–H groups in total. The van der Waals surface area contributed by atoms with Crippen molar-refractivity contribution in [1.29, 1.82) is 15.9 Å². The molecule has 0 aromatic heterocycles. The summed E-state index contributed by atoms with van der Waals surface area (Å²) in [5.74, 6) is 2.21. The Morgan fingerprint density at radius 3 is 2.44 bits per heavy atom. The van der Waals surface area contributed by atoms with E-state index in [4.69, 9.17) is 15.9 Å². The van der Waals surface area contributed by atoms with Crippen LogP contribution in [0.15, 0.2) is 52.8 Å². The van der Waals surface area contributed by atoms with Crippen LogP contribution >= 0.6 is 0 Å². The van der Waals surface area contributed by atoms with E-state index in [0.717, 1.165) is 44.8 Å². The van der Waals surface area contributed by atoms with Crippen molar-refractivity contribution in [3.63, 3.8) is 0 Å². The predicted octanol–water partition coefficient (Wildman–Crippen LogP) is 1.83. The van der Waals surface area contributed by atoms with Gasteiger partial charge in [-0.2, -0.15) is 10.5 Å². The first-order chi connectivity index (χ1) is 17.3. The highest BCUT2D eigenvalue weighted by molar-refractivity contribution is 5.72. The highest BCUT2D eigenvalue weighted by atomic mass is 16.5. The Kier molecular flexibility index (Phi) is 9.44. The van der Waals surface area contributed by atoms with E-state index in [1.807, 2.05) is 26.0 Å². The van der Waals surface area contributed by atoms with Crippen molar-refractivity contribution in [1.82, 2.24) is 15.5 Å². The lowest BCUT2D eigenvalue weighted by Crippen LogP contribution is -2.44. The molecular weight excluding hydrogens is 452 g/mol. The average molecular weight is 489 g/mol. The van der Waals surface area contributed by atoms with Crippen LogP contribution in [0, 0.1) is 28.1 Å². The summed E-state index contributed by atoms with van der Waals surface area (Å²) in [6, 6.07) is 12.4. The van der Waals surface area contributed by atoms with Crippen molar-refractivity contribution >= 4 is 11.6 Å². The lowest BCUT2D eigenvalue weighted by molar-refractivity contribution is 0.0949. The Morgan fingerprint density at radius 1 is 1.17 bits per heavy atom. The lowest BCUT2D eigenvalue weighted by atomic mass is 9.90. The van der Waals surface area contributed by atoms with Crippen LogP contribution in [0.4, 0.5) is 5.69 Å². The van der Waals surface area contributed by atoms with Crippen molar-refractivity contribution < 1.29 is 4.74 Å². The van der Waals surface area contributed by atoms with Gasteiger partial charge in [0.25, 0.3) is 0 Å². The molecule has 2 aliphatic rings. The molecule has 36 heavy (non-hydrogen) atoms. The van der Waals surface area contributed by atoms with Crippen LogP contribution < -0.4 is 21.3 Å². The molecule has 1 fully saturated rings. The third-order valence-corrected chi connectivity index (χ3v) is 6.52. The predicted molar refractivity (Wildman–Crippen MR) is 142 cm³/mol. The standard InChI is InChI=1S/C27H36N8O/c1-27(2)24(23(19-31)26(36-27)21(17-29)18-30)16-25(33-11-10-32-9-8-28)20-4-6-22(7-5-20)35-14-12-34(3)13-15-35/h4-7,16,25,29,32-33H,8-15,28H2,1-3H3/b24-16-. The van der Waals surface area contributed by atoms with E-state index in [-0.39, 0.29) is 22.9 Å². The van der Waals surface area contributed by atoms with Gasteiger partial charge in [0.05, 0.1) is 6.04 Å². The molecule has 1 atom stereocenters. The minimum Gasteiger partial charge on any atom is -0.480 e. The van der Waals surface area contributed by atoms with Gasteiger partial charge < -0.3 is 30.9 Å². The van der Waals surface area contributed by atoms with Crippen LogP contribution in [0.2, 0.25) is 0 Å². The molecule has 1 aromatic carbocycles. The number of hydrogen-bond acceptors (Lipinski definition) is 9. The van der Waals surface area contributed by atoms with Gasteiger partial charge in [0, 0.05) is 69.5 Å². The van der Waals surface area contributed by atoms with Crippen LogP contribution in [-0.4, -0.2) is 75.8 Å². The van der Waals surface area contributed by atoms with E-state index >= 15 is 0 Å². The van der Waals surface area contributed by atoms with Gasteiger partial charge in [-0.3, -0.25) is 5.41 Å².